The average molecular weight is 461 g/mol. The molecule has 0 atom stereocenters. The highest BCUT2D eigenvalue weighted by molar-refractivity contribution is 6.03. The van der Waals surface area contributed by atoms with E-state index >= 15 is 0 Å². The largest absolute Gasteiger partial charge is 0.462 e. The van der Waals surface area contributed by atoms with Crippen molar-refractivity contribution < 1.29 is 24.0 Å². The number of amides is 1. The first-order chi connectivity index (χ1) is 15.7. The number of unbranched alkanes of at least 4 members (excludes halogenated alkanes) is 1. The van der Waals surface area contributed by atoms with Crippen LogP contribution in [0.1, 0.15) is 70.7 Å². The van der Waals surface area contributed by atoms with E-state index in [-0.39, 0.29) is 42.7 Å². The SMILES string of the molecule is CCCCN(C(=O)COC/C=C(\C)CCC=C(C)C)c1cc([N+](=O)[O-])ccc1C(=O)OCC. The van der Waals surface area contributed by atoms with Crippen LogP contribution in [0.5, 0.6) is 0 Å². The highest BCUT2D eigenvalue weighted by atomic mass is 16.6. The fourth-order valence-electron chi connectivity index (χ4n) is 3.05. The van der Waals surface area contributed by atoms with E-state index < -0.39 is 10.9 Å². The second-order valence-electron chi connectivity index (χ2n) is 7.96. The van der Waals surface area contributed by atoms with Crippen molar-refractivity contribution in [1.29, 1.82) is 0 Å². The fourth-order valence-corrected chi connectivity index (χ4v) is 3.05. The Morgan fingerprint density at radius 2 is 1.88 bits per heavy atom. The lowest BCUT2D eigenvalue weighted by atomic mass is 10.1. The van der Waals surface area contributed by atoms with Crippen LogP contribution in [0.3, 0.4) is 0 Å². The third kappa shape index (κ3) is 9.99. The highest BCUT2D eigenvalue weighted by Crippen LogP contribution is 2.28. The summed E-state index contributed by atoms with van der Waals surface area (Å²) in [6.07, 6.45) is 7.47. The van der Waals surface area contributed by atoms with Crippen LogP contribution in [0.2, 0.25) is 0 Å². The number of carbonyl (C=O) groups is 2. The zero-order valence-electron chi connectivity index (χ0n) is 20.4. The van der Waals surface area contributed by atoms with Crippen LogP contribution in [0.25, 0.3) is 0 Å². The summed E-state index contributed by atoms with van der Waals surface area (Å²) in [6.45, 7) is 10.3. The van der Waals surface area contributed by atoms with Crippen LogP contribution in [-0.2, 0) is 14.3 Å². The molecule has 0 spiro atoms. The van der Waals surface area contributed by atoms with Crippen LogP contribution in [0.15, 0.2) is 41.5 Å². The molecule has 1 aromatic rings. The molecule has 1 aromatic carbocycles. The third-order valence-electron chi connectivity index (χ3n) is 4.88. The molecular weight excluding hydrogens is 424 g/mol. The van der Waals surface area contributed by atoms with E-state index in [0.29, 0.717) is 13.0 Å². The number of carbonyl (C=O) groups excluding carboxylic acids is 2. The van der Waals surface area contributed by atoms with Crippen molar-refractivity contribution in [3.8, 4) is 0 Å². The number of nitro groups is 1. The molecular formula is C25H36N2O6. The molecule has 1 rings (SSSR count). The van der Waals surface area contributed by atoms with E-state index in [1.807, 2.05) is 19.9 Å². The van der Waals surface area contributed by atoms with Gasteiger partial charge in [0.2, 0.25) is 0 Å². The van der Waals surface area contributed by atoms with Gasteiger partial charge in [-0.05, 0) is 53.0 Å². The van der Waals surface area contributed by atoms with Gasteiger partial charge in [-0.25, -0.2) is 4.79 Å². The maximum absolute atomic E-state index is 13.0. The van der Waals surface area contributed by atoms with Crippen molar-refractivity contribution in [3.05, 3.63) is 57.2 Å². The summed E-state index contributed by atoms with van der Waals surface area (Å²) in [5.74, 6) is -1.00. The van der Waals surface area contributed by atoms with Gasteiger partial charge in [0.05, 0.1) is 29.4 Å². The molecule has 0 aliphatic rings. The Morgan fingerprint density at radius 1 is 1.15 bits per heavy atom. The summed E-state index contributed by atoms with van der Waals surface area (Å²) in [4.78, 5) is 37.6. The van der Waals surface area contributed by atoms with Gasteiger partial charge in [-0.15, -0.1) is 0 Å². The zero-order valence-corrected chi connectivity index (χ0v) is 20.4. The van der Waals surface area contributed by atoms with Gasteiger partial charge in [0, 0.05) is 18.7 Å². The molecule has 0 unspecified atom stereocenters. The van der Waals surface area contributed by atoms with Crippen LogP contribution >= 0.6 is 0 Å². The molecule has 0 radical (unpaired) electrons. The Hall–Kier alpha value is -3.00. The summed E-state index contributed by atoms with van der Waals surface area (Å²) >= 11 is 0. The normalized spacial score (nSPS) is 11.1. The standard InChI is InChI=1S/C25H36N2O6/c1-6-8-15-26(24(28)18-32-16-14-20(5)11-9-10-19(3)4)23-17-21(27(30)31)12-13-22(23)25(29)33-7-2/h10,12-14,17H,6-9,11,15-16,18H2,1-5H3/b20-14+. The molecule has 0 bridgehead atoms. The van der Waals surface area contributed by atoms with Crippen molar-refractivity contribution >= 4 is 23.3 Å². The molecule has 0 N–H and O–H groups in total. The highest BCUT2D eigenvalue weighted by Gasteiger charge is 2.25. The molecule has 0 saturated heterocycles. The lowest BCUT2D eigenvalue weighted by molar-refractivity contribution is -0.384. The van der Waals surface area contributed by atoms with Crippen LogP contribution < -0.4 is 4.90 Å². The summed E-state index contributed by atoms with van der Waals surface area (Å²) in [5, 5.41) is 11.3. The van der Waals surface area contributed by atoms with Gasteiger partial charge in [-0.1, -0.05) is 36.6 Å². The number of rotatable bonds is 14. The minimum absolute atomic E-state index is 0.113. The number of ether oxygens (including phenoxy) is 2. The Morgan fingerprint density at radius 3 is 2.48 bits per heavy atom. The van der Waals surface area contributed by atoms with Crippen LogP contribution in [0, 0.1) is 10.1 Å². The van der Waals surface area contributed by atoms with Crippen molar-refractivity contribution in [2.45, 2.75) is 60.3 Å². The molecule has 0 fully saturated rings. The number of anilines is 1. The second kappa shape index (κ2) is 14.9. The molecule has 8 nitrogen and oxygen atoms in total. The average Bonchev–Trinajstić information content (AvgIpc) is 2.76. The van der Waals surface area contributed by atoms with Crippen LogP contribution in [-0.4, -0.2) is 43.2 Å². The van der Waals surface area contributed by atoms with Gasteiger partial charge in [-0.3, -0.25) is 14.9 Å². The van der Waals surface area contributed by atoms with Gasteiger partial charge in [-0.2, -0.15) is 0 Å². The number of allylic oxidation sites excluding steroid dienone is 3. The predicted octanol–water partition coefficient (Wildman–Crippen LogP) is 5.61. The molecule has 33 heavy (non-hydrogen) atoms. The first-order valence-electron chi connectivity index (χ1n) is 11.3. The number of hydrogen-bond donors (Lipinski definition) is 0. The fraction of sp³-hybridized carbons (Fsp3) is 0.520. The van der Waals surface area contributed by atoms with E-state index in [1.165, 1.54) is 34.2 Å². The van der Waals surface area contributed by atoms with E-state index in [0.717, 1.165) is 19.3 Å². The predicted molar refractivity (Wildman–Crippen MR) is 130 cm³/mol. The summed E-state index contributed by atoms with van der Waals surface area (Å²) in [7, 11) is 0. The summed E-state index contributed by atoms with van der Waals surface area (Å²) in [5.41, 5.74) is 2.52. The lowest BCUT2D eigenvalue weighted by Crippen LogP contribution is -2.36. The number of non-ortho nitro benzene ring substituents is 1. The Balaban J connectivity index is 3.01. The van der Waals surface area contributed by atoms with Gasteiger partial charge < -0.3 is 14.4 Å². The van der Waals surface area contributed by atoms with Crippen LogP contribution in [0.4, 0.5) is 11.4 Å². The van der Waals surface area contributed by atoms with E-state index in [9.17, 15) is 19.7 Å². The number of nitrogens with zero attached hydrogens (tertiary/aromatic N) is 2. The number of esters is 1. The third-order valence-corrected chi connectivity index (χ3v) is 4.88. The van der Waals surface area contributed by atoms with Gasteiger partial charge in [0.1, 0.15) is 6.61 Å². The van der Waals surface area contributed by atoms with Gasteiger partial charge >= 0.3 is 5.97 Å². The molecule has 1 amide bonds. The maximum Gasteiger partial charge on any atom is 0.340 e. The molecule has 0 heterocycles. The number of nitro benzene ring substituents is 1. The molecule has 0 aliphatic carbocycles. The zero-order chi connectivity index (χ0) is 24.8. The molecule has 182 valence electrons. The monoisotopic (exact) mass is 460 g/mol. The molecule has 0 saturated carbocycles. The van der Waals surface area contributed by atoms with Crippen molar-refractivity contribution in [3.63, 3.8) is 0 Å². The minimum atomic E-state index is -0.632. The van der Waals surface area contributed by atoms with E-state index in [1.54, 1.807) is 6.92 Å². The Kier molecular flexibility index (Phi) is 12.7. The topological polar surface area (TPSA) is 99.0 Å². The smallest absolute Gasteiger partial charge is 0.340 e. The molecule has 8 heteroatoms. The second-order valence-corrected chi connectivity index (χ2v) is 7.96. The first-order valence-corrected chi connectivity index (χ1v) is 11.3. The molecule has 0 aliphatic heterocycles. The number of hydrogen-bond acceptors (Lipinski definition) is 6. The number of benzene rings is 1. The summed E-state index contributed by atoms with van der Waals surface area (Å²) in [6, 6.07) is 3.81. The Bertz CT molecular complexity index is 872. The maximum atomic E-state index is 13.0. The van der Waals surface area contributed by atoms with Crippen molar-refractivity contribution in [2.24, 2.45) is 0 Å². The van der Waals surface area contributed by atoms with E-state index in [4.69, 9.17) is 9.47 Å². The lowest BCUT2D eigenvalue weighted by Gasteiger charge is -2.24. The van der Waals surface area contributed by atoms with E-state index in [2.05, 4.69) is 19.9 Å². The van der Waals surface area contributed by atoms with Gasteiger partial charge in [0.25, 0.3) is 11.6 Å². The first kappa shape index (κ1) is 28.0. The van der Waals surface area contributed by atoms with Crippen molar-refractivity contribution in [1.82, 2.24) is 0 Å². The minimum Gasteiger partial charge on any atom is -0.462 e. The summed E-state index contributed by atoms with van der Waals surface area (Å²) < 4.78 is 10.7. The Labute approximate surface area is 196 Å². The van der Waals surface area contributed by atoms with Gasteiger partial charge in [0.15, 0.2) is 0 Å². The van der Waals surface area contributed by atoms with Crippen molar-refractivity contribution in [2.75, 3.05) is 31.3 Å². The quantitative estimate of drug-likeness (QED) is 0.118. The molecule has 0 aromatic heterocycles.